The first kappa shape index (κ1) is 13.7. The maximum atomic E-state index is 12.5. The zero-order valence-electron chi connectivity index (χ0n) is 11.2. The Labute approximate surface area is 117 Å². The van der Waals surface area contributed by atoms with E-state index in [2.05, 4.69) is 18.8 Å². The summed E-state index contributed by atoms with van der Waals surface area (Å²) in [6, 6.07) is 7.66. The number of aromatic nitrogens is 1. The van der Waals surface area contributed by atoms with E-state index in [1.54, 1.807) is 17.5 Å². The third-order valence-electron chi connectivity index (χ3n) is 2.72. The van der Waals surface area contributed by atoms with Gasteiger partial charge in [0, 0.05) is 18.1 Å². The molecule has 2 rings (SSSR count). The summed E-state index contributed by atoms with van der Waals surface area (Å²) >= 11 is 1.55. The molecule has 3 nitrogen and oxygen atoms in total. The molecule has 0 N–H and O–H groups in total. The molecule has 0 bridgehead atoms. The van der Waals surface area contributed by atoms with Gasteiger partial charge in [0.05, 0.1) is 17.8 Å². The lowest BCUT2D eigenvalue weighted by Gasteiger charge is -2.24. The quantitative estimate of drug-likeness (QED) is 0.836. The van der Waals surface area contributed by atoms with Gasteiger partial charge in [0.25, 0.3) is 5.91 Å². The van der Waals surface area contributed by atoms with Gasteiger partial charge in [0.1, 0.15) is 0 Å². The highest BCUT2D eigenvalue weighted by Gasteiger charge is 2.17. The Kier molecular flexibility index (Phi) is 4.68. The van der Waals surface area contributed by atoms with Crippen molar-refractivity contribution in [2.45, 2.75) is 20.4 Å². The number of nitrogens with zero attached hydrogens (tertiary/aromatic N) is 2. The molecule has 2 heterocycles. The van der Waals surface area contributed by atoms with Crippen LogP contribution in [-0.2, 0) is 6.54 Å². The zero-order chi connectivity index (χ0) is 13.7. The molecule has 1 amide bonds. The second-order valence-corrected chi connectivity index (χ2v) is 5.69. The molecular formula is C15H18N2OS. The summed E-state index contributed by atoms with van der Waals surface area (Å²) in [5.74, 6) is 0.520. The molecule has 0 saturated carbocycles. The molecule has 0 unspecified atom stereocenters. The van der Waals surface area contributed by atoms with E-state index in [1.807, 2.05) is 39.9 Å². The molecule has 0 aliphatic heterocycles. The van der Waals surface area contributed by atoms with Crippen molar-refractivity contribution < 1.29 is 4.79 Å². The Balaban J connectivity index is 2.14. The maximum absolute atomic E-state index is 12.5. The minimum absolute atomic E-state index is 0.0839. The topological polar surface area (TPSA) is 33.2 Å². The van der Waals surface area contributed by atoms with Crippen molar-refractivity contribution in [2.24, 2.45) is 5.92 Å². The standard InChI is InChI=1S/C15H18N2OS/c1-12(2)9-17(10-14-5-3-4-7-16-14)15(18)13-6-8-19-11-13/h3-8,11-12H,9-10H2,1-2H3. The fourth-order valence-electron chi connectivity index (χ4n) is 1.92. The molecule has 0 fully saturated rings. The fraction of sp³-hybridized carbons (Fsp3) is 0.333. The summed E-state index contributed by atoms with van der Waals surface area (Å²) in [4.78, 5) is 18.6. The van der Waals surface area contributed by atoms with Crippen molar-refractivity contribution in [1.29, 1.82) is 0 Å². The van der Waals surface area contributed by atoms with Gasteiger partial charge in [0.2, 0.25) is 0 Å². The first-order chi connectivity index (χ1) is 9.16. The van der Waals surface area contributed by atoms with Gasteiger partial charge < -0.3 is 4.90 Å². The van der Waals surface area contributed by atoms with Crippen LogP contribution in [0.1, 0.15) is 29.9 Å². The number of rotatable bonds is 5. The van der Waals surface area contributed by atoms with Gasteiger partial charge in [-0.2, -0.15) is 11.3 Å². The van der Waals surface area contributed by atoms with E-state index in [0.29, 0.717) is 12.5 Å². The predicted molar refractivity (Wildman–Crippen MR) is 78.1 cm³/mol. The summed E-state index contributed by atoms with van der Waals surface area (Å²) in [7, 11) is 0. The lowest BCUT2D eigenvalue weighted by molar-refractivity contribution is 0.0721. The smallest absolute Gasteiger partial charge is 0.255 e. The van der Waals surface area contributed by atoms with E-state index in [4.69, 9.17) is 0 Å². The average Bonchev–Trinajstić information content (AvgIpc) is 2.91. The summed E-state index contributed by atoms with van der Waals surface area (Å²) in [5, 5.41) is 3.83. The van der Waals surface area contributed by atoms with Gasteiger partial charge in [-0.15, -0.1) is 0 Å². The number of hydrogen-bond acceptors (Lipinski definition) is 3. The molecule has 4 heteroatoms. The van der Waals surface area contributed by atoms with Gasteiger partial charge in [-0.05, 0) is 29.5 Å². The summed E-state index contributed by atoms with van der Waals surface area (Å²) in [5.41, 5.74) is 1.69. The summed E-state index contributed by atoms with van der Waals surface area (Å²) in [6.45, 7) is 5.54. The minimum Gasteiger partial charge on any atom is -0.332 e. The third kappa shape index (κ3) is 3.89. The molecule has 0 spiro atoms. The lowest BCUT2D eigenvalue weighted by Crippen LogP contribution is -2.33. The van der Waals surface area contributed by atoms with Crippen LogP contribution in [0.25, 0.3) is 0 Å². The van der Waals surface area contributed by atoms with Gasteiger partial charge in [0.15, 0.2) is 0 Å². The molecule has 0 radical (unpaired) electrons. The largest absolute Gasteiger partial charge is 0.332 e. The van der Waals surface area contributed by atoms with Crippen LogP contribution in [-0.4, -0.2) is 22.3 Å². The summed E-state index contributed by atoms with van der Waals surface area (Å²) < 4.78 is 0. The van der Waals surface area contributed by atoms with Crippen molar-refractivity contribution in [3.63, 3.8) is 0 Å². The molecule has 0 saturated heterocycles. The first-order valence-corrected chi connectivity index (χ1v) is 7.32. The number of carbonyl (C=O) groups is 1. The van der Waals surface area contributed by atoms with Crippen LogP contribution in [0, 0.1) is 5.92 Å². The highest BCUT2D eigenvalue weighted by Crippen LogP contribution is 2.13. The highest BCUT2D eigenvalue weighted by molar-refractivity contribution is 7.08. The van der Waals surface area contributed by atoms with Crippen LogP contribution in [0.4, 0.5) is 0 Å². The molecule has 0 atom stereocenters. The van der Waals surface area contributed by atoms with Crippen LogP contribution >= 0.6 is 11.3 Å². The number of pyridine rings is 1. The number of carbonyl (C=O) groups excluding carboxylic acids is 1. The SMILES string of the molecule is CC(C)CN(Cc1ccccn1)C(=O)c1ccsc1. The van der Waals surface area contributed by atoms with E-state index in [9.17, 15) is 4.79 Å². The van der Waals surface area contributed by atoms with Crippen molar-refractivity contribution >= 4 is 17.2 Å². The second-order valence-electron chi connectivity index (χ2n) is 4.91. The first-order valence-electron chi connectivity index (χ1n) is 6.38. The molecule has 19 heavy (non-hydrogen) atoms. The van der Waals surface area contributed by atoms with E-state index in [1.165, 1.54) is 0 Å². The van der Waals surface area contributed by atoms with Gasteiger partial charge in [-0.1, -0.05) is 19.9 Å². The number of thiophene rings is 1. The summed E-state index contributed by atoms with van der Waals surface area (Å²) in [6.07, 6.45) is 1.76. The highest BCUT2D eigenvalue weighted by atomic mass is 32.1. The van der Waals surface area contributed by atoms with Crippen LogP contribution < -0.4 is 0 Å². The number of amides is 1. The molecule has 2 aromatic heterocycles. The van der Waals surface area contributed by atoms with Gasteiger partial charge in [-0.3, -0.25) is 9.78 Å². The zero-order valence-corrected chi connectivity index (χ0v) is 12.1. The van der Waals surface area contributed by atoms with Crippen molar-refractivity contribution in [1.82, 2.24) is 9.88 Å². The maximum Gasteiger partial charge on any atom is 0.255 e. The predicted octanol–water partition coefficient (Wildman–Crippen LogP) is 3.44. The Morgan fingerprint density at radius 3 is 2.79 bits per heavy atom. The second kappa shape index (κ2) is 6.48. The monoisotopic (exact) mass is 274 g/mol. The lowest BCUT2D eigenvalue weighted by atomic mass is 10.1. The van der Waals surface area contributed by atoms with E-state index in [0.717, 1.165) is 17.8 Å². The van der Waals surface area contributed by atoms with Gasteiger partial charge in [-0.25, -0.2) is 0 Å². The van der Waals surface area contributed by atoms with E-state index in [-0.39, 0.29) is 5.91 Å². The Morgan fingerprint density at radius 1 is 1.37 bits per heavy atom. The molecular weight excluding hydrogens is 256 g/mol. The van der Waals surface area contributed by atoms with Crippen LogP contribution in [0.5, 0.6) is 0 Å². The van der Waals surface area contributed by atoms with Gasteiger partial charge >= 0.3 is 0 Å². The third-order valence-corrected chi connectivity index (χ3v) is 3.40. The minimum atomic E-state index is 0.0839. The van der Waals surface area contributed by atoms with E-state index >= 15 is 0 Å². The molecule has 100 valence electrons. The van der Waals surface area contributed by atoms with Crippen molar-refractivity contribution in [2.75, 3.05) is 6.54 Å². The molecule has 0 aliphatic rings. The normalized spacial score (nSPS) is 10.7. The molecule has 0 aliphatic carbocycles. The Bertz CT molecular complexity index is 508. The molecule has 0 aromatic carbocycles. The van der Waals surface area contributed by atoms with Crippen LogP contribution in [0.3, 0.4) is 0 Å². The molecule has 2 aromatic rings. The van der Waals surface area contributed by atoms with Crippen LogP contribution in [0.15, 0.2) is 41.2 Å². The Hall–Kier alpha value is -1.68. The van der Waals surface area contributed by atoms with Crippen molar-refractivity contribution in [3.8, 4) is 0 Å². The Morgan fingerprint density at radius 2 is 2.21 bits per heavy atom. The fourth-order valence-corrected chi connectivity index (χ4v) is 2.55. The van der Waals surface area contributed by atoms with Crippen LogP contribution in [0.2, 0.25) is 0 Å². The number of hydrogen-bond donors (Lipinski definition) is 0. The van der Waals surface area contributed by atoms with Crippen molar-refractivity contribution in [3.05, 3.63) is 52.5 Å². The average molecular weight is 274 g/mol. The van der Waals surface area contributed by atoms with E-state index < -0.39 is 0 Å².